The first-order valence-electron chi connectivity index (χ1n) is 5.55. The zero-order valence-electron chi connectivity index (χ0n) is 10.4. The van der Waals surface area contributed by atoms with E-state index in [0.29, 0.717) is 5.56 Å². The zero-order valence-corrected chi connectivity index (χ0v) is 13.6. The van der Waals surface area contributed by atoms with Crippen LogP contribution in [0.15, 0.2) is 29.3 Å². The minimum absolute atomic E-state index is 0.0839. The predicted molar refractivity (Wildman–Crippen MR) is 85.3 cm³/mol. The molecular weight excluding hydrogens is 353 g/mol. The third-order valence-electron chi connectivity index (χ3n) is 2.25. The summed E-state index contributed by atoms with van der Waals surface area (Å²) in [6.45, 7) is 0.215. The molecule has 21 heavy (non-hydrogen) atoms. The Morgan fingerprint density at radius 2 is 2.14 bits per heavy atom. The SMILES string of the molecule is NCC#Cc1ccnc(NS(=O)(=O)c2cc(Cl)sc2Cl)c1. The molecule has 2 aromatic rings. The van der Waals surface area contributed by atoms with Crippen LogP contribution in [0.25, 0.3) is 0 Å². The van der Waals surface area contributed by atoms with Gasteiger partial charge in [0.15, 0.2) is 0 Å². The van der Waals surface area contributed by atoms with Gasteiger partial charge in [-0.3, -0.25) is 4.72 Å². The highest BCUT2D eigenvalue weighted by Crippen LogP contribution is 2.34. The second kappa shape index (κ2) is 6.64. The first-order chi connectivity index (χ1) is 9.92. The van der Waals surface area contributed by atoms with Crippen molar-refractivity contribution < 1.29 is 8.42 Å². The number of halogens is 2. The highest BCUT2D eigenvalue weighted by Gasteiger charge is 2.21. The van der Waals surface area contributed by atoms with E-state index < -0.39 is 10.0 Å². The lowest BCUT2D eigenvalue weighted by Crippen LogP contribution is -2.13. The second-order valence-corrected chi connectivity index (χ2v) is 7.67. The fourth-order valence-corrected chi connectivity index (χ4v) is 4.57. The summed E-state index contributed by atoms with van der Waals surface area (Å²) >= 11 is 12.6. The number of hydrogen-bond acceptors (Lipinski definition) is 5. The van der Waals surface area contributed by atoms with E-state index in [1.165, 1.54) is 18.3 Å². The number of rotatable bonds is 3. The lowest BCUT2D eigenvalue weighted by molar-refractivity contribution is 0.601. The quantitative estimate of drug-likeness (QED) is 0.822. The molecule has 2 rings (SSSR count). The molecule has 3 N–H and O–H groups in total. The Morgan fingerprint density at radius 1 is 1.38 bits per heavy atom. The number of thiophene rings is 1. The summed E-state index contributed by atoms with van der Waals surface area (Å²) in [5.74, 6) is 5.60. The van der Waals surface area contributed by atoms with Crippen molar-refractivity contribution in [2.24, 2.45) is 5.73 Å². The van der Waals surface area contributed by atoms with E-state index in [1.54, 1.807) is 6.07 Å². The second-order valence-electron chi connectivity index (χ2n) is 3.73. The number of hydrogen-bond donors (Lipinski definition) is 2. The third-order valence-corrected chi connectivity index (χ3v) is 5.36. The van der Waals surface area contributed by atoms with Crippen LogP contribution in [0.1, 0.15) is 5.56 Å². The summed E-state index contributed by atoms with van der Waals surface area (Å²) in [6.07, 6.45) is 1.45. The fourth-order valence-electron chi connectivity index (χ4n) is 1.42. The van der Waals surface area contributed by atoms with Crippen LogP contribution in [0.3, 0.4) is 0 Å². The van der Waals surface area contributed by atoms with Crippen LogP contribution in [-0.4, -0.2) is 19.9 Å². The lowest BCUT2D eigenvalue weighted by atomic mass is 10.2. The van der Waals surface area contributed by atoms with E-state index in [0.717, 1.165) is 11.3 Å². The van der Waals surface area contributed by atoms with Gasteiger partial charge >= 0.3 is 0 Å². The molecule has 0 amide bonds. The van der Waals surface area contributed by atoms with Crippen LogP contribution < -0.4 is 10.5 Å². The highest BCUT2D eigenvalue weighted by atomic mass is 35.5. The van der Waals surface area contributed by atoms with Crippen molar-refractivity contribution in [3.63, 3.8) is 0 Å². The standard InChI is InChI=1S/C12H9Cl2N3O2S2/c13-10-7-9(12(14)20-10)21(18,19)17-11-6-8(2-1-4-15)3-5-16-11/h3,5-7H,4,15H2,(H,16,17). The molecule has 0 aromatic carbocycles. The van der Waals surface area contributed by atoms with E-state index in [4.69, 9.17) is 28.9 Å². The molecule has 110 valence electrons. The maximum Gasteiger partial charge on any atom is 0.265 e. The normalized spacial score (nSPS) is 10.8. The van der Waals surface area contributed by atoms with Crippen molar-refractivity contribution in [3.05, 3.63) is 38.6 Å². The number of pyridine rings is 1. The molecule has 0 atom stereocenters. The van der Waals surface area contributed by atoms with E-state index in [-0.39, 0.29) is 25.9 Å². The molecule has 0 radical (unpaired) electrons. The monoisotopic (exact) mass is 361 g/mol. The molecular formula is C12H9Cl2N3O2S2. The van der Waals surface area contributed by atoms with Gasteiger partial charge in [-0.1, -0.05) is 35.0 Å². The fraction of sp³-hybridized carbons (Fsp3) is 0.0833. The number of nitrogens with one attached hydrogen (secondary N) is 1. The van der Waals surface area contributed by atoms with Gasteiger partial charge in [-0.15, -0.1) is 11.3 Å². The van der Waals surface area contributed by atoms with Crippen LogP contribution in [0.2, 0.25) is 8.67 Å². The number of sulfonamides is 1. The first-order valence-corrected chi connectivity index (χ1v) is 8.60. The van der Waals surface area contributed by atoms with Gasteiger partial charge in [0.25, 0.3) is 10.0 Å². The van der Waals surface area contributed by atoms with Crippen molar-refractivity contribution in [1.29, 1.82) is 0 Å². The van der Waals surface area contributed by atoms with Gasteiger partial charge < -0.3 is 5.73 Å². The number of aromatic nitrogens is 1. The summed E-state index contributed by atoms with van der Waals surface area (Å²) in [5, 5.41) is 0. The van der Waals surface area contributed by atoms with Crippen LogP contribution in [-0.2, 0) is 10.0 Å². The van der Waals surface area contributed by atoms with E-state index in [2.05, 4.69) is 21.5 Å². The maximum absolute atomic E-state index is 12.2. The van der Waals surface area contributed by atoms with Crippen molar-refractivity contribution in [2.75, 3.05) is 11.3 Å². The smallest absolute Gasteiger partial charge is 0.265 e. The van der Waals surface area contributed by atoms with Gasteiger partial charge in [0.1, 0.15) is 15.0 Å². The van der Waals surface area contributed by atoms with Crippen molar-refractivity contribution in [1.82, 2.24) is 4.98 Å². The maximum atomic E-state index is 12.2. The summed E-state index contributed by atoms with van der Waals surface area (Å²) < 4.78 is 27.1. The average Bonchev–Trinajstić information content (AvgIpc) is 2.76. The molecule has 0 saturated carbocycles. The van der Waals surface area contributed by atoms with E-state index >= 15 is 0 Å². The van der Waals surface area contributed by atoms with Crippen LogP contribution >= 0.6 is 34.5 Å². The van der Waals surface area contributed by atoms with Crippen molar-refractivity contribution in [3.8, 4) is 11.8 Å². The molecule has 0 aliphatic carbocycles. The number of nitrogens with two attached hydrogens (primary N) is 1. The Hall–Kier alpha value is -1.30. The molecule has 9 heteroatoms. The zero-order chi connectivity index (χ0) is 15.5. The summed E-state index contributed by atoms with van der Waals surface area (Å²) in [5.41, 5.74) is 5.88. The van der Waals surface area contributed by atoms with Gasteiger partial charge in [-0.25, -0.2) is 13.4 Å². The Bertz CT molecular complexity index is 823. The summed E-state index contributed by atoms with van der Waals surface area (Å²) in [7, 11) is -3.85. The van der Waals surface area contributed by atoms with Crippen LogP contribution in [0.5, 0.6) is 0 Å². The highest BCUT2D eigenvalue weighted by molar-refractivity contribution is 7.93. The van der Waals surface area contributed by atoms with Gasteiger partial charge in [0.2, 0.25) is 0 Å². The van der Waals surface area contributed by atoms with E-state index in [9.17, 15) is 8.42 Å². The van der Waals surface area contributed by atoms with Crippen molar-refractivity contribution >= 4 is 50.4 Å². The summed E-state index contributed by atoms with van der Waals surface area (Å²) in [4.78, 5) is 3.85. The van der Waals surface area contributed by atoms with E-state index in [1.807, 2.05) is 0 Å². The molecule has 2 aromatic heterocycles. The van der Waals surface area contributed by atoms with Gasteiger partial charge in [0.05, 0.1) is 10.9 Å². The number of nitrogens with zero attached hydrogens (tertiary/aromatic N) is 1. The topological polar surface area (TPSA) is 85.1 Å². The van der Waals surface area contributed by atoms with Gasteiger partial charge in [-0.05, 0) is 18.2 Å². The Kier molecular flexibility index (Phi) is 5.08. The molecule has 2 heterocycles. The average molecular weight is 362 g/mol. The third kappa shape index (κ3) is 4.09. The minimum Gasteiger partial charge on any atom is -0.320 e. The van der Waals surface area contributed by atoms with Crippen LogP contribution in [0.4, 0.5) is 5.82 Å². The molecule has 0 aliphatic heterocycles. The number of anilines is 1. The molecule has 0 saturated heterocycles. The molecule has 0 bridgehead atoms. The molecule has 0 spiro atoms. The first kappa shape index (κ1) is 16.1. The molecule has 0 aliphatic rings. The van der Waals surface area contributed by atoms with Gasteiger partial charge in [0, 0.05) is 11.8 Å². The van der Waals surface area contributed by atoms with Crippen LogP contribution in [0, 0.1) is 11.8 Å². The molecule has 0 unspecified atom stereocenters. The predicted octanol–water partition coefficient (Wildman–Crippen LogP) is 2.56. The summed E-state index contributed by atoms with van der Waals surface area (Å²) in [6, 6.07) is 4.44. The van der Waals surface area contributed by atoms with Gasteiger partial charge in [-0.2, -0.15) is 0 Å². The Morgan fingerprint density at radius 3 is 2.76 bits per heavy atom. The molecule has 0 fully saturated rings. The molecule has 5 nitrogen and oxygen atoms in total. The Balaban J connectivity index is 2.31. The Labute approximate surface area is 136 Å². The van der Waals surface area contributed by atoms with Crippen molar-refractivity contribution in [2.45, 2.75) is 4.90 Å². The lowest BCUT2D eigenvalue weighted by Gasteiger charge is -2.06. The largest absolute Gasteiger partial charge is 0.320 e. The minimum atomic E-state index is -3.85.